The van der Waals surface area contributed by atoms with Crippen molar-refractivity contribution in [2.24, 2.45) is 0 Å². The van der Waals surface area contributed by atoms with E-state index in [9.17, 15) is 14.9 Å². The topological polar surface area (TPSA) is 107 Å². The third-order valence-electron chi connectivity index (χ3n) is 4.12. The number of nitrogen functional groups attached to an aromatic ring is 1. The van der Waals surface area contributed by atoms with Gasteiger partial charge in [0, 0.05) is 35.4 Å². The molecule has 1 unspecified atom stereocenters. The Labute approximate surface area is 157 Å². The fraction of sp³-hybridized carbons (Fsp3) is 0.278. The van der Waals surface area contributed by atoms with Gasteiger partial charge in [-0.2, -0.15) is 0 Å². The van der Waals surface area contributed by atoms with Gasteiger partial charge in [-0.1, -0.05) is 6.07 Å². The van der Waals surface area contributed by atoms with E-state index in [4.69, 9.17) is 10.5 Å². The number of carbonyl (C=O) groups excluding carboxylic acids is 1. The molecule has 1 atom stereocenters. The highest BCUT2D eigenvalue weighted by Crippen LogP contribution is 2.40. The van der Waals surface area contributed by atoms with Crippen molar-refractivity contribution >= 4 is 29.7 Å². The summed E-state index contributed by atoms with van der Waals surface area (Å²) < 4.78 is 5.95. The lowest BCUT2D eigenvalue weighted by molar-refractivity contribution is -0.384. The Morgan fingerprint density at radius 1 is 1.31 bits per heavy atom. The summed E-state index contributed by atoms with van der Waals surface area (Å²) >= 11 is 0. The van der Waals surface area contributed by atoms with Crippen molar-refractivity contribution < 1.29 is 14.5 Å². The number of fused-ring (bicyclic) bond motifs is 1. The minimum absolute atomic E-state index is 0. The predicted octanol–water partition coefficient (Wildman–Crippen LogP) is 3.63. The second-order valence-electron chi connectivity index (χ2n) is 6.70. The molecule has 138 valence electrons. The minimum Gasteiger partial charge on any atom is -0.487 e. The lowest BCUT2D eigenvalue weighted by atomic mass is 9.89. The first-order chi connectivity index (χ1) is 11.7. The summed E-state index contributed by atoms with van der Waals surface area (Å²) in [7, 11) is 0. The van der Waals surface area contributed by atoms with E-state index in [1.807, 2.05) is 13.8 Å². The Hall–Kier alpha value is -2.80. The summed E-state index contributed by atoms with van der Waals surface area (Å²) in [6, 6.07) is 10.7. The Morgan fingerprint density at radius 3 is 2.73 bits per heavy atom. The van der Waals surface area contributed by atoms with Crippen molar-refractivity contribution in [1.82, 2.24) is 5.32 Å². The minimum atomic E-state index is -0.523. The molecule has 0 aromatic heterocycles. The molecule has 1 heterocycles. The van der Waals surface area contributed by atoms with E-state index >= 15 is 0 Å². The zero-order chi connectivity index (χ0) is 18.2. The predicted molar refractivity (Wildman–Crippen MR) is 101 cm³/mol. The largest absolute Gasteiger partial charge is 0.487 e. The molecule has 0 saturated carbocycles. The molecule has 0 fully saturated rings. The number of nitrogens with one attached hydrogen (secondary N) is 1. The normalized spacial score (nSPS) is 17.2. The molecule has 8 heteroatoms. The third-order valence-corrected chi connectivity index (χ3v) is 4.12. The van der Waals surface area contributed by atoms with Crippen LogP contribution in [-0.2, 0) is 0 Å². The van der Waals surface area contributed by atoms with Crippen molar-refractivity contribution in [1.29, 1.82) is 0 Å². The van der Waals surface area contributed by atoms with E-state index in [0.29, 0.717) is 17.9 Å². The molecular weight excluding hydrogens is 358 g/mol. The first-order valence-electron chi connectivity index (χ1n) is 7.89. The molecule has 3 rings (SSSR count). The monoisotopic (exact) mass is 377 g/mol. The average molecular weight is 378 g/mol. The van der Waals surface area contributed by atoms with Crippen LogP contribution >= 0.6 is 12.4 Å². The first kappa shape index (κ1) is 19.5. The number of nitrogens with two attached hydrogens (primary N) is 1. The van der Waals surface area contributed by atoms with Crippen LogP contribution in [0.25, 0.3) is 0 Å². The van der Waals surface area contributed by atoms with Gasteiger partial charge in [-0.05, 0) is 38.1 Å². The number of benzene rings is 2. The molecule has 1 amide bonds. The smallest absolute Gasteiger partial charge is 0.270 e. The first-order valence-corrected chi connectivity index (χ1v) is 7.89. The fourth-order valence-electron chi connectivity index (χ4n) is 3.00. The third kappa shape index (κ3) is 4.05. The van der Waals surface area contributed by atoms with Crippen molar-refractivity contribution in [3.05, 3.63) is 63.7 Å². The molecule has 0 saturated heterocycles. The van der Waals surface area contributed by atoms with Crippen molar-refractivity contribution in [3.63, 3.8) is 0 Å². The van der Waals surface area contributed by atoms with Gasteiger partial charge in [0.1, 0.15) is 11.4 Å². The number of anilines is 1. The molecule has 2 aromatic rings. The molecule has 1 aliphatic heterocycles. The van der Waals surface area contributed by atoms with Gasteiger partial charge in [0.2, 0.25) is 0 Å². The maximum absolute atomic E-state index is 12.6. The number of halogens is 1. The van der Waals surface area contributed by atoms with Gasteiger partial charge in [0.05, 0.1) is 11.0 Å². The van der Waals surface area contributed by atoms with Gasteiger partial charge in [-0.15, -0.1) is 12.4 Å². The molecule has 1 aliphatic rings. The molecule has 0 bridgehead atoms. The molecule has 2 aromatic carbocycles. The van der Waals surface area contributed by atoms with E-state index < -0.39 is 10.5 Å². The van der Waals surface area contributed by atoms with E-state index in [1.54, 1.807) is 24.3 Å². The number of carbonyl (C=O) groups is 1. The van der Waals surface area contributed by atoms with Gasteiger partial charge < -0.3 is 15.8 Å². The summed E-state index contributed by atoms with van der Waals surface area (Å²) in [6.07, 6.45) is 0.560. The number of amides is 1. The Balaban J connectivity index is 0.00000243. The fourth-order valence-corrected chi connectivity index (χ4v) is 3.00. The van der Waals surface area contributed by atoms with Crippen LogP contribution in [-0.4, -0.2) is 16.4 Å². The van der Waals surface area contributed by atoms with Gasteiger partial charge in [0.25, 0.3) is 11.6 Å². The number of rotatable bonds is 3. The summed E-state index contributed by atoms with van der Waals surface area (Å²) in [6.45, 7) is 3.89. The average Bonchev–Trinajstić information content (AvgIpc) is 2.55. The lowest BCUT2D eigenvalue weighted by Gasteiger charge is -2.38. The number of hydrogen-bond acceptors (Lipinski definition) is 5. The molecule has 26 heavy (non-hydrogen) atoms. The van der Waals surface area contributed by atoms with Crippen LogP contribution in [0.5, 0.6) is 5.75 Å². The highest BCUT2D eigenvalue weighted by Gasteiger charge is 2.34. The van der Waals surface area contributed by atoms with Crippen molar-refractivity contribution in [3.8, 4) is 5.75 Å². The van der Waals surface area contributed by atoms with E-state index in [0.717, 1.165) is 5.56 Å². The summed E-state index contributed by atoms with van der Waals surface area (Å²) in [4.78, 5) is 23.0. The van der Waals surface area contributed by atoms with Crippen molar-refractivity contribution in [2.45, 2.75) is 31.9 Å². The number of nitro groups is 1. The van der Waals surface area contributed by atoms with Gasteiger partial charge in [-0.3, -0.25) is 14.9 Å². The van der Waals surface area contributed by atoms with Gasteiger partial charge in [0.15, 0.2) is 0 Å². The van der Waals surface area contributed by atoms with Crippen molar-refractivity contribution in [2.75, 3.05) is 5.73 Å². The summed E-state index contributed by atoms with van der Waals surface area (Å²) in [5, 5.41) is 13.8. The number of nitro benzene ring substituents is 1. The zero-order valence-electron chi connectivity index (χ0n) is 14.4. The molecule has 7 nitrogen and oxygen atoms in total. The Kier molecular flexibility index (Phi) is 5.41. The van der Waals surface area contributed by atoms with Crippen LogP contribution in [0.15, 0.2) is 42.5 Å². The number of nitrogens with zero attached hydrogens (tertiary/aromatic N) is 1. The van der Waals surface area contributed by atoms with Crippen LogP contribution in [0.3, 0.4) is 0 Å². The molecule has 0 spiro atoms. The Bertz CT molecular complexity index is 854. The maximum Gasteiger partial charge on any atom is 0.270 e. The van der Waals surface area contributed by atoms with Crippen LogP contribution < -0.4 is 15.8 Å². The van der Waals surface area contributed by atoms with E-state index in [2.05, 4.69) is 5.32 Å². The standard InChI is InChI=1S/C18H19N3O4.ClH/c1-18(2)10-15(14-9-12(19)6-7-16(14)25-18)20-17(22)11-4-3-5-13(8-11)21(23)24;/h3-9,15H,10,19H2,1-2H3,(H,20,22);1H. The number of ether oxygens (including phenoxy) is 1. The van der Waals surface area contributed by atoms with E-state index in [1.165, 1.54) is 18.2 Å². The van der Waals surface area contributed by atoms with Crippen LogP contribution in [0.1, 0.15) is 42.2 Å². The molecule has 3 N–H and O–H groups in total. The zero-order valence-corrected chi connectivity index (χ0v) is 15.2. The molecule has 0 radical (unpaired) electrons. The summed E-state index contributed by atoms with van der Waals surface area (Å²) in [5.41, 5.74) is 6.91. The maximum atomic E-state index is 12.6. The van der Waals surface area contributed by atoms with Crippen LogP contribution in [0.2, 0.25) is 0 Å². The second-order valence-corrected chi connectivity index (χ2v) is 6.70. The van der Waals surface area contributed by atoms with Crippen LogP contribution in [0.4, 0.5) is 11.4 Å². The second kappa shape index (κ2) is 7.21. The highest BCUT2D eigenvalue weighted by molar-refractivity contribution is 5.95. The molecule has 0 aliphatic carbocycles. The van der Waals surface area contributed by atoms with Gasteiger partial charge >= 0.3 is 0 Å². The molecular formula is C18H20ClN3O4. The SMILES string of the molecule is CC1(C)CC(NC(=O)c2cccc([N+](=O)[O-])c2)c2cc(N)ccc2O1.Cl. The van der Waals surface area contributed by atoms with Gasteiger partial charge in [-0.25, -0.2) is 0 Å². The lowest BCUT2D eigenvalue weighted by Crippen LogP contribution is -2.41. The number of non-ortho nitro benzene ring substituents is 1. The van der Waals surface area contributed by atoms with E-state index in [-0.39, 0.29) is 35.6 Å². The Morgan fingerprint density at radius 2 is 2.04 bits per heavy atom. The summed E-state index contributed by atoms with van der Waals surface area (Å²) in [5.74, 6) is 0.301. The highest BCUT2D eigenvalue weighted by atomic mass is 35.5. The number of hydrogen-bond donors (Lipinski definition) is 2. The quantitative estimate of drug-likeness (QED) is 0.482. The van der Waals surface area contributed by atoms with Crippen LogP contribution in [0, 0.1) is 10.1 Å².